The standard InChI is InChI=1S/C20H20F3N5OSi/c21-14-3-1-2-12(17(14)29)16-9-13(18(24)28-27-16)15-8-11(4-6-26-15)19(30)5-7-25-10-20(19,22)23/h1-4,6,8-9,25,29H,5,7,10H2,30H3,(H2,24,28)/t19-/m0/s1. The van der Waals surface area contributed by atoms with Gasteiger partial charge in [0.25, 0.3) is 5.92 Å². The summed E-state index contributed by atoms with van der Waals surface area (Å²) in [5.41, 5.74) is 7.54. The van der Waals surface area contributed by atoms with E-state index >= 15 is 0 Å². The fourth-order valence-corrected chi connectivity index (χ4v) is 4.44. The van der Waals surface area contributed by atoms with Crippen molar-refractivity contribution in [3.63, 3.8) is 0 Å². The Labute approximate surface area is 173 Å². The average Bonchev–Trinajstić information content (AvgIpc) is 2.73. The number of aromatic nitrogens is 3. The zero-order chi connectivity index (χ0) is 21.5. The number of pyridine rings is 1. The molecule has 6 nitrogen and oxygen atoms in total. The highest BCUT2D eigenvalue weighted by atomic mass is 28.1. The quantitative estimate of drug-likeness (QED) is 0.548. The van der Waals surface area contributed by atoms with Gasteiger partial charge in [0.2, 0.25) is 0 Å². The van der Waals surface area contributed by atoms with E-state index in [1.807, 2.05) is 0 Å². The second kappa shape index (κ2) is 7.37. The summed E-state index contributed by atoms with van der Waals surface area (Å²) >= 11 is 0. The number of hydrogen-bond donors (Lipinski definition) is 3. The predicted octanol–water partition coefficient (Wildman–Crippen LogP) is 1.82. The van der Waals surface area contributed by atoms with Gasteiger partial charge >= 0.3 is 0 Å². The lowest BCUT2D eigenvalue weighted by atomic mass is 9.85. The van der Waals surface area contributed by atoms with Crippen LogP contribution in [-0.4, -0.2) is 49.5 Å². The second-order valence-corrected chi connectivity index (χ2v) is 9.26. The van der Waals surface area contributed by atoms with Gasteiger partial charge in [0.15, 0.2) is 17.4 Å². The molecule has 0 radical (unpaired) electrons. The number of nitrogen functional groups attached to an aromatic ring is 1. The van der Waals surface area contributed by atoms with Crippen molar-refractivity contribution >= 4 is 16.1 Å². The zero-order valence-electron chi connectivity index (χ0n) is 16.2. The Balaban J connectivity index is 1.80. The van der Waals surface area contributed by atoms with Gasteiger partial charge in [-0.25, -0.2) is 13.2 Å². The van der Waals surface area contributed by atoms with Gasteiger partial charge in [-0.3, -0.25) is 4.98 Å². The molecule has 3 aromatic rings. The van der Waals surface area contributed by atoms with Gasteiger partial charge in [-0.2, -0.15) is 0 Å². The minimum atomic E-state index is -2.88. The van der Waals surface area contributed by atoms with Gasteiger partial charge < -0.3 is 16.2 Å². The average molecular weight is 431 g/mol. The minimum Gasteiger partial charge on any atom is -0.504 e. The molecular weight excluding hydrogens is 411 g/mol. The van der Waals surface area contributed by atoms with Crippen molar-refractivity contribution in [2.45, 2.75) is 17.4 Å². The Morgan fingerprint density at radius 2 is 1.90 bits per heavy atom. The van der Waals surface area contributed by atoms with Crippen molar-refractivity contribution in [3.8, 4) is 28.3 Å². The molecule has 1 fully saturated rings. The summed E-state index contributed by atoms with van der Waals surface area (Å²) in [5.74, 6) is -4.17. The van der Waals surface area contributed by atoms with Crippen LogP contribution >= 0.6 is 0 Å². The number of para-hydroxylation sites is 1. The van der Waals surface area contributed by atoms with Crippen molar-refractivity contribution in [1.82, 2.24) is 20.5 Å². The summed E-state index contributed by atoms with van der Waals surface area (Å²) in [4.78, 5) is 4.29. The number of alkyl halides is 2. The van der Waals surface area contributed by atoms with E-state index in [1.165, 1.54) is 24.4 Å². The van der Waals surface area contributed by atoms with E-state index in [2.05, 4.69) is 20.5 Å². The van der Waals surface area contributed by atoms with Gasteiger partial charge in [0, 0.05) is 32.6 Å². The summed E-state index contributed by atoms with van der Waals surface area (Å²) in [7, 11) is 0.258. The molecular formula is C20H20F3N5OSi. The smallest absolute Gasteiger partial charge is 0.266 e. The van der Waals surface area contributed by atoms with Gasteiger partial charge in [-0.15, -0.1) is 10.2 Å². The van der Waals surface area contributed by atoms with Crippen molar-refractivity contribution < 1.29 is 18.3 Å². The molecule has 0 bridgehead atoms. The maximum atomic E-state index is 14.8. The molecule has 0 saturated carbocycles. The van der Waals surface area contributed by atoms with Crippen LogP contribution in [0.2, 0.25) is 0 Å². The Kier molecular flexibility index (Phi) is 4.98. The first-order chi connectivity index (χ1) is 14.2. The van der Waals surface area contributed by atoms with Crippen LogP contribution in [0.15, 0.2) is 42.6 Å². The lowest BCUT2D eigenvalue weighted by Gasteiger charge is -2.42. The summed E-state index contributed by atoms with van der Waals surface area (Å²) in [6.45, 7) is 0.148. The van der Waals surface area contributed by atoms with Crippen LogP contribution in [0, 0.1) is 5.82 Å². The maximum absolute atomic E-state index is 14.8. The molecule has 0 spiro atoms. The fourth-order valence-electron chi connectivity index (χ4n) is 3.70. The first-order valence-electron chi connectivity index (χ1n) is 9.39. The number of piperidine rings is 1. The molecule has 1 saturated heterocycles. The number of hydrogen-bond acceptors (Lipinski definition) is 6. The van der Waals surface area contributed by atoms with E-state index in [0.717, 1.165) is 6.07 Å². The van der Waals surface area contributed by atoms with E-state index in [-0.39, 0.29) is 33.9 Å². The maximum Gasteiger partial charge on any atom is 0.266 e. The summed E-state index contributed by atoms with van der Waals surface area (Å²) < 4.78 is 43.3. The number of nitrogens with two attached hydrogens (primary N) is 1. The van der Waals surface area contributed by atoms with Crippen molar-refractivity contribution in [2.75, 3.05) is 18.8 Å². The number of benzene rings is 1. The molecule has 0 unspecified atom stereocenters. The molecule has 10 heteroatoms. The first-order valence-corrected chi connectivity index (χ1v) is 10.4. The molecule has 1 atom stereocenters. The summed E-state index contributed by atoms with van der Waals surface area (Å²) in [6, 6.07) is 8.79. The third kappa shape index (κ3) is 3.31. The highest BCUT2D eigenvalue weighted by Gasteiger charge is 2.52. The number of aromatic hydroxyl groups is 1. The van der Waals surface area contributed by atoms with Gasteiger partial charge in [-0.05, 0) is 48.9 Å². The topological polar surface area (TPSA) is 97.0 Å². The van der Waals surface area contributed by atoms with Crippen molar-refractivity contribution in [2.24, 2.45) is 0 Å². The van der Waals surface area contributed by atoms with Gasteiger partial charge in [-0.1, -0.05) is 6.07 Å². The summed E-state index contributed by atoms with van der Waals surface area (Å²) in [5, 5.41) is 19.4. The molecule has 0 amide bonds. The molecule has 4 rings (SSSR count). The minimum absolute atomic E-state index is 0.0544. The monoisotopic (exact) mass is 431 g/mol. The van der Waals surface area contributed by atoms with Crippen molar-refractivity contribution in [1.29, 1.82) is 0 Å². The number of anilines is 1. The lowest BCUT2D eigenvalue weighted by Crippen LogP contribution is -2.57. The van der Waals surface area contributed by atoms with E-state index in [0.29, 0.717) is 29.8 Å². The molecule has 1 aliphatic rings. The zero-order valence-corrected chi connectivity index (χ0v) is 18.2. The van der Waals surface area contributed by atoms with E-state index in [9.17, 15) is 18.3 Å². The van der Waals surface area contributed by atoms with Gasteiger partial charge in [0.05, 0.1) is 17.9 Å². The van der Waals surface area contributed by atoms with E-state index < -0.39 is 22.5 Å². The van der Waals surface area contributed by atoms with Crippen LogP contribution in [0.5, 0.6) is 5.75 Å². The molecule has 0 aliphatic carbocycles. The lowest BCUT2D eigenvalue weighted by molar-refractivity contribution is -0.0607. The van der Waals surface area contributed by atoms with Crippen LogP contribution in [-0.2, 0) is 5.04 Å². The molecule has 1 aromatic carbocycles. The molecule has 4 N–H and O–H groups in total. The largest absolute Gasteiger partial charge is 0.504 e. The number of halogens is 3. The third-order valence-electron chi connectivity index (χ3n) is 5.71. The number of nitrogens with one attached hydrogen (secondary N) is 1. The molecule has 30 heavy (non-hydrogen) atoms. The number of phenols is 1. The Morgan fingerprint density at radius 1 is 1.10 bits per heavy atom. The van der Waals surface area contributed by atoms with E-state index in [1.54, 1.807) is 12.1 Å². The number of rotatable bonds is 3. The second-order valence-electron chi connectivity index (χ2n) is 7.56. The molecule has 3 heterocycles. The fraction of sp³-hybridized carbons (Fsp3) is 0.250. The number of phenolic OH excluding ortho intramolecular Hbond substituents is 1. The summed E-state index contributed by atoms with van der Waals surface area (Å²) in [6.07, 6.45) is 1.80. The normalized spacial score (nSPS) is 20.9. The molecule has 2 aromatic heterocycles. The van der Waals surface area contributed by atoms with Crippen LogP contribution in [0.3, 0.4) is 0 Å². The Bertz CT molecular complexity index is 1110. The predicted molar refractivity (Wildman–Crippen MR) is 111 cm³/mol. The third-order valence-corrected chi connectivity index (χ3v) is 7.52. The molecule has 1 aliphatic heterocycles. The van der Waals surface area contributed by atoms with Crippen LogP contribution < -0.4 is 11.1 Å². The number of nitrogens with zero attached hydrogens (tertiary/aromatic N) is 3. The van der Waals surface area contributed by atoms with Crippen LogP contribution in [0.1, 0.15) is 12.0 Å². The van der Waals surface area contributed by atoms with E-state index in [4.69, 9.17) is 5.73 Å². The van der Waals surface area contributed by atoms with Gasteiger partial charge in [0.1, 0.15) is 0 Å². The highest BCUT2D eigenvalue weighted by Crippen LogP contribution is 2.42. The SMILES string of the molecule is Nc1nnc(-c2cccc(F)c2O)cc1-c1cc([C@@]2([SiH3])CCNCC2(F)F)ccn1. The van der Waals surface area contributed by atoms with Crippen molar-refractivity contribution in [3.05, 3.63) is 54.0 Å². The molecule has 156 valence electrons. The Morgan fingerprint density at radius 3 is 2.67 bits per heavy atom. The Hall–Kier alpha value is -2.98. The van der Waals surface area contributed by atoms with Crippen LogP contribution in [0.25, 0.3) is 22.5 Å². The highest BCUT2D eigenvalue weighted by molar-refractivity contribution is 6.17. The van der Waals surface area contributed by atoms with Crippen LogP contribution in [0.4, 0.5) is 19.0 Å². The first kappa shape index (κ1) is 20.3.